The lowest BCUT2D eigenvalue weighted by Crippen LogP contribution is -2.36. The summed E-state index contributed by atoms with van der Waals surface area (Å²) in [5.41, 5.74) is 10.8. The largest absolute Gasteiger partial charge is 0.472 e. The van der Waals surface area contributed by atoms with E-state index in [1.807, 2.05) is 0 Å². The van der Waals surface area contributed by atoms with Crippen molar-refractivity contribution < 1.29 is 56.7 Å². The van der Waals surface area contributed by atoms with E-state index in [-0.39, 0.29) is 43.6 Å². The first kappa shape index (κ1) is 33.0. The summed E-state index contributed by atoms with van der Waals surface area (Å²) in [4.78, 5) is 56.5. The number of aliphatic hydroxyl groups is 2. The van der Waals surface area contributed by atoms with Gasteiger partial charge in [0.2, 0.25) is 10.7 Å². The molecule has 4 aromatic heterocycles. The molecule has 47 heavy (non-hydrogen) atoms. The summed E-state index contributed by atoms with van der Waals surface area (Å²) >= 11 is 6.29. The Balaban J connectivity index is 1.22. The molecule has 4 aromatic rings. The molecule has 0 aliphatic carbocycles. The summed E-state index contributed by atoms with van der Waals surface area (Å²) < 4.78 is 61.4. The number of nitrogens with two attached hydrogens (primary N) is 2. The molecule has 3 aliphatic rings. The second kappa shape index (κ2) is 11.8. The number of nitrogens with zero attached hydrogens (tertiary/aromatic N) is 7. The van der Waals surface area contributed by atoms with Crippen LogP contribution < -0.4 is 17.0 Å². The predicted molar refractivity (Wildman–Crippen MR) is 159 cm³/mol. The molecular formula is C20H22Br2N10O13P2. The highest BCUT2D eigenvalue weighted by Crippen LogP contribution is 2.54. The third kappa shape index (κ3) is 5.93. The number of aromatic amines is 1. The second-order valence-electron chi connectivity index (χ2n) is 10.4. The molecule has 23 nitrogen and oxygen atoms in total. The lowest BCUT2D eigenvalue weighted by atomic mass is 10.1. The number of aromatic nitrogens is 8. The average Bonchev–Trinajstić information content (AvgIpc) is 3.70. The minimum Gasteiger partial charge on any atom is -0.387 e. The standard InChI is InChI=1S/C20H22Br2N10O13P2/c21-18-27-12(23)6-13(28-18)31(3-25-6)16-9(34)10-5(43-16)2-41-47(38,39)45-11-8(33)4(1-40-46(36,37)44-10)42-17(11)32-14-7(26-19(32)22)15(35)30-20(24)29-14/h3-5,8-11,16-17,33-34H,1-2H2,(H,36,37)(H,38,39)(H2,23,27,28)(H3,24,29,30,35)/t4-,5-,8-,9-,10-,11-,16-,17-/m1/s1. The van der Waals surface area contributed by atoms with Gasteiger partial charge >= 0.3 is 15.6 Å². The van der Waals surface area contributed by atoms with E-state index in [1.165, 1.54) is 10.9 Å². The van der Waals surface area contributed by atoms with Crippen LogP contribution in [-0.4, -0.2) is 109 Å². The zero-order valence-electron chi connectivity index (χ0n) is 23.0. The molecule has 0 amide bonds. The smallest absolute Gasteiger partial charge is 0.387 e. The number of hydrogen-bond donors (Lipinski definition) is 7. The SMILES string of the molecule is Nc1nc2c(nc(Br)n2[C@@H]2O[C@@H]3COP(=O)(O)O[C@H]4[C@@H](O)[C@H](n5cnc6c(N)nc(Br)nc65)O[C@@H]4COP(=O)(O)O[C@@H]2[C@@H]3O)c(=O)[nH]1. The number of rotatable bonds is 2. The number of nitrogen functional groups attached to an aromatic ring is 2. The number of H-pyrrole nitrogens is 1. The van der Waals surface area contributed by atoms with Crippen molar-refractivity contribution in [2.45, 2.75) is 49.1 Å². The third-order valence-corrected chi connectivity index (χ3v) is 10.3. The Kier molecular flexibility index (Phi) is 8.32. The van der Waals surface area contributed by atoms with Crippen molar-refractivity contribution in [1.29, 1.82) is 0 Å². The Morgan fingerprint density at radius 3 is 2.26 bits per heavy atom. The van der Waals surface area contributed by atoms with E-state index in [0.717, 1.165) is 4.57 Å². The van der Waals surface area contributed by atoms with Gasteiger partial charge in [-0.2, -0.15) is 4.98 Å². The van der Waals surface area contributed by atoms with E-state index in [4.69, 9.17) is 39.0 Å². The second-order valence-corrected chi connectivity index (χ2v) is 14.6. The number of fused-ring (bicyclic) bond motifs is 5. The first-order valence-electron chi connectivity index (χ1n) is 13.2. The zero-order chi connectivity index (χ0) is 33.6. The molecule has 3 saturated heterocycles. The summed E-state index contributed by atoms with van der Waals surface area (Å²) in [7, 11) is -10.3. The Bertz CT molecular complexity index is 2050. The Morgan fingerprint density at radius 1 is 0.872 bits per heavy atom. The van der Waals surface area contributed by atoms with E-state index >= 15 is 0 Å². The van der Waals surface area contributed by atoms with E-state index in [0.29, 0.717) is 0 Å². The van der Waals surface area contributed by atoms with Gasteiger partial charge in [-0.15, -0.1) is 0 Å². The van der Waals surface area contributed by atoms with Crippen LogP contribution in [0.25, 0.3) is 22.3 Å². The minimum absolute atomic E-state index is 0.000917. The number of anilines is 2. The van der Waals surface area contributed by atoms with Crippen molar-refractivity contribution in [2.75, 3.05) is 24.7 Å². The molecular weight excluding hydrogens is 810 g/mol. The van der Waals surface area contributed by atoms with Crippen molar-refractivity contribution in [3.63, 3.8) is 0 Å². The first-order chi connectivity index (χ1) is 22.1. The number of phosphoric acid groups is 2. The van der Waals surface area contributed by atoms with Crippen LogP contribution in [0.5, 0.6) is 0 Å². The molecule has 7 heterocycles. The Labute approximate surface area is 276 Å². The fourth-order valence-corrected chi connectivity index (χ4v) is 8.19. The molecule has 27 heteroatoms. The fraction of sp³-hybridized carbons (Fsp3) is 0.500. The van der Waals surface area contributed by atoms with Gasteiger partial charge in [-0.25, -0.2) is 29.1 Å². The molecule has 0 spiro atoms. The lowest BCUT2D eigenvalue weighted by molar-refractivity contribution is -0.0677. The van der Waals surface area contributed by atoms with Gasteiger partial charge in [-0.1, -0.05) is 0 Å². The minimum atomic E-state index is -5.16. The number of aliphatic hydroxyl groups excluding tert-OH is 2. The highest BCUT2D eigenvalue weighted by Gasteiger charge is 2.54. The molecule has 3 fully saturated rings. The van der Waals surface area contributed by atoms with Gasteiger partial charge in [-0.05, 0) is 31.9 Å². The maximum atomic E-state index is 13.3. The Hall–Kier alpha value is -2.48. The molecule has 2 bridgehead atoms. The van der Waals surface area contributed by atoms with Crippen LogP contribution in [0.3, 0.4) is 0 Å². The average molecular weight is 832 g/mol. The summed E-state index contributed by atoms with van der Waals surface area (Å²) in [5, 5.41) is 22.3. The third-order valence-electron chi connectivity index (χ3n) is 7.41. The topological polar surface area (TPSA) is 330 Å². The van der Waals surface area contributed by atoms with Crippen LogP contribution >= 0.6 is 47.5 Å². The first-order valence-corrected chi connectivity index (χ1v) is 17.8. The van der Waals surface area contributed by atoms with Crippen molar-refractivity contribution in [2.24, 2.45) is 0 Å². The zero-order valence-corrected chi connectivity index (χ0v) is 28.0. The van der Waals surface area contributed by atoms with Gasteiger partial charge in [0.15, 0.2) is 39.8 Å². The van der Waals surface area contributed by atoms with E-state index < -0.39 is 83.5 Å². The number of ether oxygens (including phenoxy) is 2. The van der Waals surface area contributed by atoms with Crippen molar-refractivity contribution in [1.82, 2.24) is 39.0 Å². The van der Waals surface area contributed by atoms with Crippen LogP contribution in [-0.2, 0) is 36.7 Å². The summed E-state index contributed by atoms with van der Waals surface area (Å²) in [6, 6.07) is 0. The van der Waals surface area contributed by atoms with E-state index in [9.17, 15) is 33.9 Å². The number of hydrogen-bond acceptors (Lipinski definition) is 18. The maximum absolute atomic E-state index is 13.3. The highest BCUT2D eigenvalue weighted by molar-refractivity contribution is 9.10. The Morgan fingerprint density at radius 2 is 1.53 bits per heavy atom. The van der Waals surface area contributed by atoms with Gasteiger partial charge in [0.1, 0.15) is 42.1 Å². The molecule has 10 atom stereocenters. The van der Waals surface area contributed by atoms with Gasteiger partial charge in [0.25, 0.3) is 5.56 Å². The molecule has 254 valence electrons. The molecule has 0 aromatic carbocycles. The fourth-order valence-electron chi connectivity index (χ4n) is 5.39. The number of imidazole rings is 2. The van der Waals surface area contributed by atoms with Crippen molar-refractivity contribution in [3.05, 3.63) is 26.1 Å². The van der Waals surface area contributed by atoms with E-state index in [2.05, 4.69) is 61.8 Å². The predicted octanol–water partition coefficient (Wildman–Crippen LogP) is -0.817. The van der Waals surface area contributed by atoms with Crippen molar-refractivity contribution >= 4 is 81.6 Å². The summed E-state index contributed by atoms with van der Waals surface area (Å²) in [6.07, 6.45) is -11.7. The normalized spacial score (nSPS) is 36.6. The monoisotopic (exact) mass is 830 g/mol. The van der Waals surface area contributed by atoms with Crippen LogP contribution in [0.2, 0.25) is 0 Å². The molecule has 7 rings (SSSR count). The lowest BCUT2D eigenvalue weighted by Gasteiger charge is -2.26. The van der Waals surface area contributed by atoms with Crippen LogP contribution in [0.15, 0.2) is 20.6 Å². The van der Waals surface area contributed by atoms with Gasteiger partial charge < -0.3 is 40.9 Å². The molecule has 2 unspecified atom stereocenters. The molecule has 0 radical (unpaired) electrons. The van der Waals surface area contributed by atoms with Gasteiger partial charge in [0.05, 0.1) is 19.5 Å². The van der Waals surface area contributed by atoms with Crippen LogP contribution in [0, 0.1) is 0 Å². The number of phosphoric ester groups is 2. The molecule has 9 N–H and O–H groups in total. The maximum Gasteiger partial charge on any atom is 0.472 e. The molecule has 3 aliphatic heterocycles. The summed E-state index contributed by atoms with van der Waals surface area (Å²) in [6.45, 7) is -1.70. The number of nitrogens with one attached hydrogen (secondary N) is 1. The highest BCUT2D eigenvalue weighted by atomic mass is 79.9. The van der Waals surface area contributed by atoms with Gasteiger partial charge in [-0.3, -0.25) is 37.0 Å². The van der Waals surface area contributed by atoms with Crippen molar-refractivity contribution in [3.8, 4) is 0 Å². The molecule has 0 saturated carbocycles. The van der Waals surface area contributed by atoms with Crippen LogP contribution in [0.1, 0.15) is 12.5 Å². The summed E-state index contributed by atoms with van der Waals surface area (Å²) in [5.74, 6) is -0.302. The van der Waals surface area contributed by atoms with E-state index in [1.54, 1.807) is 0 Å². The quantitative estimate of drug-likeness (QED) is 0.0737. The van der Waals surface area contributed by atoms with Crippen LogP contribution in [0.4, 0.5) is 11.8 Å². The van der Waals surface area contributed by atoms with Gasteiger partial charge in [0, 0.05) is 0 Å². The number of halogens is 2.